The van der Waals surface area contributed by atoms with Crippen LogP contribution >= 0.6 is 27.3 Å². The van der Waals surface area contributed by atoms with Gasteiger partial charge in [0, 0.05) is 30.5 Å². The van der Waals surface area contributed by atoms with Gasteiger partial charge in [0.25, 0.3) is 0 Å². The summed E-state index contributed by atoms with van der Waals surface area (Å²) < 4.78 is 2.96. The van der Waals surface area contributed by atoms with Crippen LogP contribution < -0.4 is 0 Å². The van der Waals surface area contributed by atoms with E-state index < -0.39 is 0 Å². The molecule has 0 aliphatic heterocycles. The van der Waals surface area contributed by atoms with Crippen LogP contribution in [0, 0.1) is 13.8 Å². The SMILES string of the molecule is Cc1nn(C)c(C)c1CCC(=O)Cc1ccc(Br)s1. The van der Waals surface area contributed by atoms with Crippen molar-refractivity contribution in [3.8, 4) is 0 Å². The van der Waals surface area contributed by atoms with Crippen molar-refractivity contribution in [1.29, 1.82) is 0 Å². The van der Waals surface area contributed by atoms with Gasteiger partial charge in [-0.1, -0.05) is 0 Å². The van der Waals surface area contributed by atoms with E-state index in [2.05, 4.69) is 28.0 Å². The number of carbonyl (C=O) groups excluding carboxylic acids is 1. The highest BCUT2D eigenvalue weighted by Crippen LogP contribution is 2.23. The summed E-state index contributed by atoms with van der Waals surface area (Å²) in [5, 5.41) is 4.38. The van der Waals surface area contributed by atoms with Crippen molar-refractivity contribution >= 4 is 33.0 Å². The van der Waals surface area contributed by atoms with E-state index in [1.165, 1.54) is 5.56 Å². The molecule has 0 fully saturated rings. The number of hydrogen-bond donors (Lipinski definition) is 0. The fourth-order valence-electron chi connectivity index (χ4n) is 2.17. The molecule has 2 rings (SSSR count). The lowest BCUT2D eigenvalue weighted by Crippen LogP contribution is -2.04. The Morgan fingerprint density at radius 3 is 2.68 bits per heavy atom. The number of aromatic nitrogens is 2. The highest BCUT2D eigenvalue weighted by molar-refractivity contribution is 9.11. The predicted octanol–water partition coefficient (Wildman–Crippen LogP) is 3.61. The quantitative estimate of drug-likeness (QED) is 0.833. The molecule has 0 spiro atoms. The number of carbonyl (C=O) groups is 1. The van der Waals surface area contributed by atoms with Crippen LogP contribution in [0.15, 0.2) is 15.9 Å². The highest BCUT2D eigenvalue weighted by Gasteiger charge is 2.12. The van der Waals surface area contributed by atoms with Crippen LogP contribution in [0.2, 0.25) is 0 Å². The molecule has 0 aliphatic carbocycles. The maximum Gasteiger partial charge on any atom is 0.138 e. The Hall–Kier alpha value is -0.940. The maximum absolute atomic E-state index is 12.0. The molecule has 0 radical (unpaired) electrons. The van der Waals surface area contributed by atoms with Crippen molar-refractivity contribution in [3.63, 3.8) is 0 Å². The van der Waals surface area contributed by atoms with Gasteiger partial charge in [0.1, 0.15) is 5.78 Å². The second-order valence-corrected chi connectivity index (χ2v) is 7.24. The van der Waals surface area contributed by atoms with E-state index in [-0.39, 0.29) is 5.78 Å². The smallest absolute Gasteiger partial charge is 0.138 e. The van der Waals surface area contributed by atoms with Crippen molar-refractivity contribution in [2.24, 2.45) is 7.05 Å². The Labute approximate surface area is 125 Å². The Kier molecular flexibility index (Phi) is 4.58. The summed E-state index contributed by atoms with van der Waals surface area (Å²) in [7, 11) is 1.94. The lowest BCUT2D eigenvalue weighted by Gasteiger charge is -2.01. The van der Waals surface area contributed by atoms with E-state index in [0.29, 0.717) is 12.8 Å². The zero-order chi connectivity index (χ0) is 14.0. The summed E-state index contributed by atoms with van der Waals surface area (Å²) in [6, 6.07) is 4.00. The summed E-state index contributed by atoms with van der Waals surface area (Å²) in [6.07, 6.45) is 1.91. The lowest BCUT2D eigenvalue weighted by molar-refractivity contribution is -0.118. The number of Topliss-reactive ketones (excluding diaryl/α,β-unsaturated/α-hetero) is 1. The molecular formula is C14H17BrN2OS. The molecule has 0 unspecified atom stereocenters. The van der Waals surface area contributed by atoms with Crippen LogP contribution in [0.25, 0.3) is 0 Å². The van der Waals surface area contributed by atoms with Crippen LogP contribution in [0.5, 0.6) is 0 Å². The van der Waals surface area contributed by atoms with Gasteiger partial charge in [-0.05, 0) is 53.9 Å². The number of rotatable bonds is 5. The van der Waals surface area contributed by atoms with E-state index in [9.17, 15) is 4.79 Å². The molecule has 0 aliphatic rings. The molecule has 102 valence electrons. The highest BCUT2D eigenvalue weighted by atomic mass is 79.9. The molecule has 5 heteroatoms. The minimum atomic E-state index is 0.289. The van der Waals surface area contributed by atoms with Crippen LogP contribution in [-0.2, 0) is 24.7 Å². The summed E-state index contributed by atoms with van der Waals surface area (Å²) in [5.74, 6) is 0.289. The maximum atomic E-state index is 12.0. The summed E-state index contributed by atoms with van der Waals surface area (Å²) in [5.41, 5.74) is 3.40. The van der Waals surface area contributed by atoms with Crippen molar-refractivity contribution in [2.45, 2.75) is 33.1 Å². The average Bonchev–Trinajstić information content (AvgIpc) is 2.83. The summed E-state index contributed by atoms with van der Waals surface area (Å²) in [6.45, 7) is 4.05. The molecule has 0 bridgehead atoms. The van der Waals surface area contributed by atoms with E-state index >= 15 is 0 Å². The Morgan fingerprint density at radius 1 is 1.42 bits per heavy atom. The van der Waals surface area contributed by atoms with Gasteiger partial charge in [-0.2, -0.15) is 5.10 Å². The first-order valence-corrected chi connectivity index (χ1v) is 7.83. The second-order valence-electron chi connectivity index (χ2n) is 4.69. The fourth-order valence-corrected chi connectivity index (χ4v) is 3.68. The predicted molar refractivity (Wildman–Crippen MR) is 81.7 cm³/mol. The number of ketones is 1. The molecule has 2 aromatic rings. The molecule has 0 saturated carbocycles. The Morgan fingerprint density at radius 2 is 2.16 bits per heavy atom. The van der Waals surface area contributed by atoms with Gasteiger partial charge >= 0.3 is 0 Å². The summed E-state index contributed by atoms with van der Waals surface area (Å²) in [4.78, 5) is 13.1. The van der Waals surface area contributed by atoms with Crippen molar-refractivity contribution in [2.75, 3.05) is 0 Å². The Bertz CT molecular complexity index is 601. The van der Waals surface area contributed by atoms with E-state index in [4.69, 9.17) is 0 Å². The number of aryl methyl sites for hydroxylation is 2. The standard InChI is InChI=1S/C14H17BrN2OS/c1-9-13(10(2)17(3)16-9)6-4-11(18)8-12-5-7-14(15)19-12/h5,7H,4,6,8H2,1-3H3. The molecule has 2 aromatic heterocycles. The third-order valence-electron chi connectivity index (χ3n) is 3.31. The number of thiophene rings is 1. The first-order valence-electron chi connectivity index (χ1n) is 6.22. The van der Waals surface area contributed by atoms with Crippen molar-refractivity contribution in [1.82, 2.24) is 9.78 Å². The number of hydrogen-bond acceptors (Lipinski definition) is 3. The first kappa shape index (κ1) is 14.5. The monoisotopic (exact) mass is 340 g/mol. The van der Waals surface area contributed by atoms with Crippen LogP contribution in [0.4, 0.5) is 0 Å². The third-order valence-corrected chi connectivity index (χ3v) is 4.94. The van der Waals surface area contributed by atoms with Gasteiger partial charge < -0.3 is 0 Å². The minimum Gasteiger partial charge on any atom is -0.299 e. The van der Waals surface area contributed by atoms with Gasteiger partial charge in [0.05, 0.1) is 9.48 Å². The van der Waals surface area contributed by atoms with Gasteiger partial charge in [-0.25, -0.2) is 0 Å². The van der Waals surface area contributed by atoms with Crippen LogP contribution in [0.3, 0.4) is 0 Å². The second kappa shape index (κ2) is 6.01. The van der Waals surface area contributed by atoms with Gasteiger partial charge in [0.2, 0.25) is 0 Å². The fraction of sp³-hybridized carbons (Fsp3) is 0.429. The molecule has 2 heterocycles. The molecular weight excluding hydrogens is 324 g/mol. The molecule has 0 aromatic carbocycles. The van der Waals surface area contributed by atoms with E-state index in [1.807, 2.05) is 30.8 Å². The van der Waals surface area contributed by atoms with Gasteiger partial charge in [-0.3, -0.25) is 9.48 Å². The molecule has 0 N–H and O–H groups in total. The third kappa shape index (κ3) is 3.54. The van der Waals surface area contributed by atoms with Crippen molar-refractivity contribution < 1.29 is 4.79 Å². The zero-order valence-electron chi connectivity index (χ0n) is 11.4. The average molecular weight is 341 g/mol. The molecule has 0 atom stereocenters. The summed E-state index contributed by atoms with van der Waals surface area (Å²) >= 11 is 5.04. The van der Waals surface area contributed by atoms with Gasteiger partial charge in [0.15, 0.2) is 0 Å². The normalized spacial score (nSPS) is 10.9. The van der Waals surface area contributed by atoms with Crippen molar-refractivity contribution in [3.05, 3.63) is 37.7 Å². The minimum absolute atomic E-state index is 0.289. The lowest BCUT2D eigenvalue weighted by atomic mass is 10.0. The Balaban J connectivity index is 1.93. The van der Waals surface area contributed by atoms with Crippen LogP contribution in [0.1, 0.15) is 28.2 Å². The van der Waals surface area contributed by atoms with Gasteiger partial charge in [-0.15, -0.1) is 11.3 Å². The first-order chi connectivity index (χ1) is 8.97. The number of nitrogens with zero attached hydrogens (tertiary/aromatic N) is 2. The molecule has 0 amide bonds. The zero-order valence-corrected chi connectivity index (χ0v) is 13.8. The largest absolute Gasteiger partial charge is 0.299 e. The molecule has 3 nitrogen and oxygen atoms in total. The van der Waals surface area contributed by atoms with E-state index in [0.717, 1.165) is 26.5 Å². The molecule has 19 heavy (non-hydrogen) atoms. The van der Waals surface area contributed by atoms with Crippen LogP contribution in [-0.4, -0.2) is 15.6 Å². The number of halogens is 1. The topological polar surface area (TPSA) is 34.9 Å². The van der Waals surface area contributed by atoms with E-state index in [1.54, 1.807) is 11.3 Å². The molecule has 0 saturated heterocycles.